The molecule has 2 aromatic heterocycles. The summed E-state index contributed by atoms with van der Waals surface area (Å²) in [5.74, 6) is -4.33. The topological polar surface area (TPSA) is 135 Å². The summed E-state index contributed by atoms with van der Waals surface area (Å²) in [4.78, 5) is 36.5. The molecule has 2 aromatic carbocycles. The third-order valence-corrected chi connectivity index (χ3v) is 5.38. The number of carboxylic acid groups (broad SMARTS) is 1. The van der Waals surface area contributed by atoms with Crippen molar-refractivity contribution in [3.8, 4) is 11.3 Å². The van der Waals surface area contributed by atoms with Crippen LogP contribution in [0.15, 0.2) is 65.9 Å². The van der Waals surface area contributed by atoms with Crippen LogP contribution in [-0.4, -0.2) is 44.6 Å². The zero-order chi connectivity index (χ0) is 27.6. The molecule has 38 heavy (non-hydrogen) atoms. The van der Waals surface area contributed by atoms with Gasteiger partial charge in [-0.3, -0.25) is 14.2 Å². The molecular formula is C25H18F4N6O3. The lowest BCUT2D eigenvalue weighted by atomic mass is 9.99. The van der Waals surface area contributed by atoms with Crippen molar-refractivity contribution in [1.82, 2.24) is 14.4 Å². The number of aromatic nitrogens is 3. The van der Waals surface area contributed by atoms with Crippen LogP contribution in [0.1, 0.15) is 32.1 Å². The summed E-state index contributed by atoms with van der Waals surface area (Å²) in [5.41, 5.74) is 3.47. The van der Waals surface area contributed by atoms with Gasteiger partial charge >= 0.3 is 12.1 Å². The minimum absolute atomic E-state index is 0.0447. The molecule has 0 spiro atoms. The Bertz CT molecular complexity index is 1610. The van der Waals surface area contributed by atoms with Crippen molar-refractivity contribution in [2.75, 3.05) is 12.4 Å². The second kappa shape index (κ2) is 10.1. The molecule has 4 N–H and O–H groups in total. The second-order valence-electron chi connectivity index (χ2n) is 7.84. The number of fused-ring (bicyclic) bond motifs is 1. The molecular weight excluding hydrogens is 508 g/mol. The minimum Gasteiger partial charge on any atom is -0.475 e. The van der Waals surface area contributed by atoms with E-state index in [0.29, 0.717) is 11.6 Å². The van der Waals surface area contributed by atoms with Crippen LogP contribution in [0.5, 0.6) is 0 Å². The molecule has 4 aromatic rings. The number of amides is 1. The van der Waals surface area contributed by atoms with Crippen molar-refractivity contribution in [3.63, 3.8) is 0 Å². The van der Waals surface area contributed by atoms with E-state index in [0.717, 1.165) is 16.7 Å². The van der Waals surface area contributed by atoms with Gasteiger partial charge in [0.15, 0.2) is 5.65 Å². The van der Waals surface area contributed by atoms with E-state index < -0.39 is 52.1 Å². The van der Waals surface area contributed by atoms with Gasteiger partial charge in [-0.1, -0.05) is 30.3 Å². The number of aliphatic imine (C=N–C) groups is 1. The Hall–Kier alpha value is -5.07. The van der Waals surface area contributed by atoms with Crippen LogP contribution in [0.25, 0.3) is 22.6 Å². The number of carboxylic acids is 1. The second-order valence-corrected chi connectivity index (χ2v) is 7.84. The molecule has 194 valence electrons. The predicted octanol–water partition coefficient (Wildman–Crippen LogP) is 4.50. The fourth-order valence-corrected chi connectivity index (χ4v) is 3.65. The molecule has 0 unspecified atom stereocenters. The molecule has 0 atom stereocenters. The van der Waals surface area contributed by atoms with E-state index >= 15 is 0 Å². The van der Waals surface area contributed by atoms with Crippen molar-refractivity contribution in [2.45, 2.75) is 6.18 Å². The maximum atomic E-state index is 14.9. The van der Waals surface area contributed by atoms with Gasteiger partial charge in [0.1, 0.15) is 5.82 Å². The highest BCUT2D eigenvalue weighted by molar-refractivity contribution is 6.07. The number of nitrogens with zero attached hydrogens (tertiary/aromatic N) is 4. The molecule has 4 rings (SSSR count). The number of alkyl halides is 3. The molecule has 0 aliphatic rings. The zero-order valence-corrected chi connectivity index (χ0v) is 19.5. The Morgan fingerprint density at radius 2 is 1.87 bits per heavy atom. The molecule has 0 aliphatic carbocycles. The molecule has 2 heterocycles. The van der Waals surface area contributed by atoms with Gasteiger partial charge in [-0.25, -0.2) is 19.2 Å². The first-order valence-electron chi connectivity index (χ1n) is 10.8. The van der Waals surface area contributed by atoms with Crippen LogP contribution in [0, 0.1) is 5.82 Å². The van der Waals surface area contributed by atoms with E-state index in [1.54, 1.807) is 30.3 Å². The van der Waals surface area contributed by atoms with Gasteiger partial charge in [0.25, 0.3) is 5.91 Å². The highest BCUT2D eigenvalue weighted by Gasteiger charge is 2.36. The normalized spacial score (nSPS) is 12.3. The average Bonchev–Trinajstić information content (AvgIpc) is 3.29. The Balaban J connectivity index is 1.86. The molecule has 1 amide bonds. The van der Waals surface area contributed by atoms with E-state index in [9.17, 15) is 32.3 Å². The molecule has 0 saturated carbocycles. The number of nitrogens with one attached hydrogen (secondary N) is 1. The number of allylic oxidation sites excluding steroid dienone is 1. The lowest BCUT2D eigenvalue weighted by molar-refractivity contribution is -0.138. The van der Waals surface area contributed by atoms with Crippen molar-refractivity contribution in [2.24, 2.45) is 10.7 Å². The summed E-state index contributed by atoms with van der Waals surface area (Å²) in [7, 11) is 1.38. The number of benzene rings is 2. The number of anilines is 1. The van der Waals surface area contributed by atoms with E-state index in [-0.39, 0.29) is 23.1 Å². The lowest BCUT2D eigenvalue weighted by Crippen LogP contribution is -2.19. The molecule has 0 fully saturated rings. The van der Waals surface area contributed by atoms with Crippen LogP contribution in [-0.2, 0) is 6.18 Å². The molecule has 0 aliphatic heterocycles. The van der Waals surface area contributed by atoms with E-state index in [1.807, 2.05) is 0 Å². The molecule has 0 radical (unpaired) electrons. The maximum Gasteiger partial charge on any atom is 0.417 e. The monoisotopic (exact) mass is 526 g/mol. The number of carbonyl (C=O) groups excluding carboxylic acids is 1. The largest absolute Gasteiger partial charge is 0.475 e. The molecule has 0 bridgehead atoms. The van der Waals surface area contributed by atoms with E-state index in [2.05, 4.69) is 20.3 Å². The summed E-state index contributed by atoms with van der Waals surface area (Å²) in [6.07, 6.45) is -0.276. The number of imidazole rings is 1. The van der Waals surface area contributed by atoms with Crippen molar-refractivity contribution >= 4 is 35.1 Å². The Morgan fingerprint density at radius 3 is 2.50 bits per heavy atom. The van der Waals surface area contributed by atoms with Gasteiger partial charge in [0.2, 0.25) is 5.82 Å². The number of nitrogens with two attached hydrogens (primary N) is 1. The van der Waals surface area contributed by atoms with Gasteiger partial charge in [-0.2, -0.15) is 13.2 Å². The first-order valence-corrected chi connectivity index (χ1v) is 10.8. The number of rotatable bonds is 6. The SMILES string of the molecule is CN=CC=C(N)c1cc(C(=O)Nc2cn3c(C(=O)O)ncc3nc2-c2ccccc2)c(F)cc1C(F)(F)F. The van der Waals surface area contributed by atoms with Gasteiger partial charge in [0.05, 0.1) is 28.7 Å². The summed E-state index contributed by atoms with van der Waals surface area (Å²) in [5, 5.41) is 11.8. The van der Waals surface area contributed by atoms with Crippen molar-refractivity contribution in [1.29, 1.82) is 0 Å². The molecule has 9 nitrogen and oxygen atoms in total. The van der Waals surface area contributed by atoms with Crippen LogP contribution in [0.3, 0.4) is 0 Å². The number of hydrogen-bond donors (Lipinski definition) is 3. The first-order chi connectivity index (χ1) is 18.0. The Morgan fingerprint density at radius 1 is 1.16 bits per heavy atom. The third-order valence-electron chi connectivity index (χ3n) is 5.38. The maximum absolute atomic E-state index is 14.9. The quantitative estimate of drug-likeness (QED) is 0.250. The number of halogens is 4. The number of aromatic carboxylic acids is 1. The lowest BCUT2D eigenvalue weighted by Gasteiger charge is -2.16. The molecule has 13 heteroatoms. The first kappa shape index (κ1) is 26.0. The van der Waals surface area contributed by atoms with Crippen LogP contribution >= 0.6 is 0 Å². The Labute approximate surface area is 212 Å². The summed E-state index contributed by atoms with van der Waals surface area (Å²) in [6.45, 7) is 0. The van der Waals surface area contributed by atoms with Crippen molar-refractivity contribution in [3.05, 3.63) is 89.3 Å². The van der Waals surface area contributed by atoms with Crippen LogP contribution in [0.2, 0.25) is 0 Å². The highest BCUT2D eigenvalue weighted by Crippen LogP contribution is 2.36. The minimum atomic E-state index is -4.96. The smallest absolute Gasteiger partial charge is 0.417 e. The van der Waals surface area contributed by atoms with Gasteiger partial charge in [-0.15, -0.1) is 0 Å². The summed E-state index contributed by atoms with van der Waals surface area (Å²) >= 11 is 0. The standard InChI is InChI=1S/C25H18F4N6O3/c1-31-8-7-18(30)14-9-15(17(26)10-16(14)25(27,28)29)23(36)33-19-12-35-20(11-32-22(35)24(37)38)34-21(19)13-5-3-2-4-6-13/h2-12H,30H2,1H3,(H,33,36)(H,37,38). The van der Waals surface area contributed by atoms with E-state index in [4.69, 9.17) is 5.73 Å². The summed E-state index contributed by atoms with van der Waals surface area (Å²) in [6, 6.07) is 9.34. The van der Waals surface area contributed by atoms with Gasteiger partial charge in [-0.05, 0) is 18.2 Å². The molecule has 0 saturated heterocycles. The fraction of sp³-hybridized carbons (Fsp3) is 0.0800. The fourth-order valence-electron chi connectivity index (χ4n) is 3.65. The van der Waals surface area contributed by atoms with Crippen LogP contribution < -0.4 is 11.1 Å². The van der Waals surface area contributed by atoms with Gasteiger partial charge < -0.3 is 16.2 Å². The number of carbonyl (C=O) groups is 2. The Kier molecular flexibility index (Phi) is 6.93. The summed E-state index contributed by atoms with van der Waals surface area (Å²) < 4.78 is 56.8. The van der Waals surface area contributed by atoms with Gasteiger partial charge in [0, 0.05) is 36.3 Å². The third kappa shape index (κ3) is 5.07. The highest BCUT2D eigenvalue weighted by atomic mass is 19.4. The zero-order valence-electron chi connectivity index (χ0n) is 19.5. The van der Waals surface area contributed by atoms with Crippen LogP contribution in [0.4, 0.5) is 23.2 Å². The van der Waals surface area contributed by atoms with Crippen molar-refractivity contribution < 1.29 is 32.3 Å². The average molecular weight is 526 g/mol. The number of hydrogen-bond acceptors (Lipinski definition) is 6. The van der Waals surface area contributed by atoms with E-state index in [1.165, 1.54) is 19.4 Å². The predicted molar refractivity (Wildman–Crippen MR) is 131 cm³/mol.